The minimum absolute atomic E-state index is 0.286. The Kier molecular flexibility index (Phi) is 7.11. The fraction of sp³-hybridized carbons (Fsp3) is 0.533. The first kappa shape index (κ1) is 14.7. The van der Waals surface area contributed by atoms with E-state index in [9.17, 15) is 4.79 Å². The van der Waals surface area contributed by atoms with E-state index in [0.29, 0.717) is 6.42 Å². The molecule has 1 fully saturated rings. The first-order valence-electron chi connectivity index (χ1n) is 6.74. The summed E-state index contributed by atoms with van der Waals surface area (Å²) in [5.41, 5.74) is 1.32. The van der Waals surface area contributed by atoms with Crippen LogP contribution in [-0.4, -0.2) is 37.0 Å². The average molecular weight is 248 g/mol. The number of rotatable bonds is 1. The summed E-state index contributed by atoms with van der Waals surface area (Å²) in [6.45, 7) is 7.81. The third-order valence-corrected chi connectivity index (χ3v) is 2.94. The number of amides is 1. The Bertz CT molecular complexity index is 330. The van der Waals surface area contributed by atoms with E-state index < -0.39 is 0 Å². The van der Waals surface area contributed by atoms with Crippen molar-refractivity contribution in [1.82, 2.24) is 10.2 Å². The Morgan fingerprint density at radius 1 is 1.22 bits per heavy atom. The molecule has 0 unspecified atom stereocenters. The molecule has 1 aliphatic heterocycles. The summed E-state index contributed by atoms with van der Waals surface area (Å²) >= 11 is 0. The molecule has 1 amide bonds. The zero-order valence-corrected chi connectivity index (χ0v) is 11.5. The Labute approximate surface area is 110 Å². The normalized spacial score (nSPS) is 15.3. The number of hydrogen-bond acceptors (Lipinski definition) is 2. The Morgan fingerprint density at radius 3 is 2.50 bits per heavy atom. The number of aryl methyl sites for hydroxylation is 1. The van der Waals surface area contributed by atoms with Crippen molar-refractivity contribution in [1.29, 1.82) is 0 Å². The molecule has 0 aromatic heterocycles. The highest BCUT2D eigenvalue weighted by atomic mass is 16.2. The van der Waals surface area contributed by atoms with Gasteiger partial charge in [-0.3, -0.25) is 4.79 Å². The summed E-state index contributed by atoms with van der Waals surface area (Å²) in [6.07, 6.45) is 1.73. The van der Waals surface area contributed by atoms with Crippen molar-refractivity contribution in [3.05, 3.63) is 35.9 Å². The maximum Gasteiger partial charge on any atom is 0.222 e. The first-order valence-corrected chi connectivity index (χ1v) is 6.74. The van der Waals surface area contributed by atoms with Crippen molar-refractivity contribution in [2.45, 2.75) is 26.7 Å². The van der Waals surface area contributed by atoms with Crippen LogP contribution >= 0.6 is 0 Å². The van der Waals surface area contributed by atoms with Gasteiger partial charge in [0.1, 0.15) is 0 Å². The predicted octanol–water partition coefficient (Wildman–Crippen LogP) is 2.21. The maximum atomic E-state index is 11.2. The lowest BCUT2D eigenvalue weighted by atomic mass is 10.2. The van der Waals surface area contributed by atoms with Gasteiger partial charge in [-0.05, 0) is 19.9 Å². The molecule has 1 aliphatic rings. The van der Waals surface area contributed by atoms with E-state index in [0.717, 1.165) is 32.6 Å². The van der Waals surface area contributed by atoms with Gasteiger partial charge in [0.2, 0.25) is 5.91 Å². The molecule has 0 aliphatic carbocycles. The third kappa shape index (κ3) is 5.82. The quantitative estimate of drug-likeness (QED) is 0.826. The van der Waals surface area contributed by atoms with Crippen LogP contribution in [0.3, 0.4) is 0 Å². The van der Waals surface area contributed by atoms with Crippen LogP contribution < -0.4 is 5.32 Å². The van der Waals surface area contributed by atoms with Gasteiger partial charge in [0.25, 0.3) is 0 Å². The van der Waals surface area contributed by atoms with Crippen LogP contribution in [0.2, 0.25) is 0 Å². The van der Waals surface area contributed by atoms with Crippen LogP contribution in [0, 0.1) is 6.92 Å². The molecule has 1 aromatic carbocycles. The molecule has 0 radical (unpaired) electrons. The van der Waals surface area contributed by atoms with E-state index in [1.807, 2.05) is 30.0 Å². The lowest BCUT2D eigenvalue weighted by Gasteiger charge is -2.18. The van der Waals surface area contributed by atoms with Gasteiger partial charge >= 0.3 is 0 Å². The summed E-state index contributed by atoms with van der Waals surface area (Å²) in [4.78, 5) is 13.2. The van der Waals surface area contributed by atoms with E-state index >= 15 is 0 Å². The van der Waals surface area contributed by atoms with Crippen LogP contribution in [0.5, 0.6) is 0 Å². The molecule has 100 valence electrons. The highest BCUT2D eigenvalue weighted by Gasteiger charge is 2.12. The Balaban J connectivity index is 0.000000199. The highest BCUT2D eigenvalue weighted by Crippen LogP contribution is 1.97. The van der Waals surface area contributed by atoms with Gasteiger partial charge in [0, 0.05) is 26.1 Å². The SMILES string of the molecule is CCC(=O)N1CCCNCC1.Cc1ccccc1. The maximum absolute atomic E-state index is 11.2. The number of hydrogen-bond donors (Lipinski definition) is 1. The van der Waals surface area contributed by atoms with Gasteiger partial charge in [0.05, 0.1) is 0 Å². The summed E-state index contributed by atoms with van der Waals surface area (Å²) in [5, 5.41) is 3.26. The summed E-state index contributed by atoms with van der Waals surface area (Å²) < 4.78 is 0. The number of carbonyl (C=O) groups is 1. The second-order valence-corrected chi connectivity index (χ2v) is 4.49. The molecule has 0 saturated carbocycles. The monoisotopic (exact) mass is 248 g/mol. The minimum atomic E-state index is 0.286. The van der Waals surface area contributed by atoms with Crippen LogP contribution in [0.25, 0.3) is 0 Å². The van der Waals surface area contributed by atoms with Crippen LogP contribution in [0.15, 0.2) is 30.3 Å². The number of carbonyl (C=O) groups excluding carboxylic acids is 1. The van der Waals surface area contributed by atoms with Crippen molar-refractivity contribution in [3.63, 3.8) is 0 Å². The average Bonchev–Trinajstić information content (AvgIpc) is 2.68. The van der Waals surface area contributed by atoms with Crippen molar-refractivity contribution < 1.29 is 4.79 Å². The molecular weight excluding hydrogens is 224 g/mol. The third-order valence-electron chi connectivity index (χ3n) is 2.94. The van der Waals surface area contributed by atoms with E-state index in [4.69, 9.17) is 0 Å². The standard InChI is InChI=1S/C8H16N2O.C7H8/c1-2-8(11)10-6-3-4-9-5-7-10;1-7-5-3-2-4-6-7/h9H,2-7H2,1H3;2-6H,1H3. The molecule has 18 heavy (non-hydrogen) atoms. The molecule has 3 heteroatoms. The summed E-state index contributed by atoms with van der Waals surface area (Å²) in [6, 6.07) is 10.3. The molecule has 1 N–H and O–H groups in total. The zero-order valence-electron chi connectivity index (χ0n) is 11.5. The van der Waals surface area contributed by atoms with E-state index in [1.165, 1.54) is 5.56 Å². The molecule has 1 aromatic rings. The highest BCUT2D eigenvalue weighted by molar-refractivity contribution is 5.75. The lowest BCUT2D eigenvalue weighted by Crippen LogP contribution is -2.33. The largest absolute Gasteiger partial charge is 0.341 e. The van der Waals surface area contributed by atoms with E-state index in [2.05, 4.69) is 24.4 Å². The topological polar surface area (TPSA) is 32.3 Å². The second kappa shape index (κ2) is 8.70. The van der Waals surface area contributed by atoms with Gasteiger partial charge in [-0.1, -0.05) is 42.8 Å². The fourth-order valence-electron chi connectivity index (χ4n) is 1.85. The number of nitrogens with zero attached hydrogens (tertiary/aromatic N) is 1. The van der Waals surface area contributed by atoms with Crippen molar-refractivity contribution >= 4 is 5.91 Å². The molecule has 0 atom stereocenters. The van der Waals surface area contributed by atoms with Crippen molar-refractivity contribution in [2.75, 3.05) is 26.2 Å². The smallest absolute Gasteiger partial charge is 0.222 e. The molecule has 2 rings (SSSR count). The van der Waals surface area contributed by atoms with Gasteiger partial charge in [-0.2, -0.15) is 0 Å². The van der Waals surface area contributed by atoms with E-state index in [1.54, 1.807) is 0 Å². The van der Waals surface area contributed by atoms with Crippen LogP contribution in [0.1, 0.15) is 25.3 Å². The van der Waals surface area contributed by atoms with Gasteiger partial charge in [-0.25, -0.2) is 0 Å². The number of benzene rings is 1. The summed E-state index contributed by atoms with van der Waals surface area (Å²) in [5.74, 6) is 0.286. The molecular formula is C15H24N2O. The zero-order chi connectivity index (χ0) is 13.2. The minimum Gasteiger partial charge on any atom is -0.341 e. The van der Waals surface area contributed by atoms with Crippen molar-refractivity contribution in [3.8, 4) is 0 Å². The summed E-state index contributed by atoms with van der Waals surface area (Å²) in [7, 11) is 0. The number of nitrogens with one attached hydrogen (secondary N) is 1. The van der Waals surface area contributed by atoms with Crippen molar-refractivity contribution in [2.24, 2.45) is 0 Å². The first-order chi connectivity index (χ1) is 8.74. The van der Waals surface area contributed by atoms with Crippen LogP contribution in [0.4, 0.5) is 0 Å². The Hall–Kier alpha value is -1.35. The molecule has 1 saturated heterocycles. The van der Waals surface area contributed by atoms with E-state index in [-0.39, 0.29) is 5.91 Å². The molecule has 0 spiro atoms. The van der Waals surface area contributed by atoms with Gasteiger partial charge < -0.3 is 10.2 Å². The fourth-order valence-corrected chi connectivity index (χ4v) is 1.85. The van der Waals surface area contributed by atoms with Gasteiger partial charge in [0.15, 0.2) is 0 Å². The molecule has 3 nitrogen and oxygen atoms in total. The predicted molar refractivity (Wildman–Crippen MR) is 75.5 cm³/mol. The molecule has 0 bridgehead atoms. The van der Waals surface area contributed by atoms with Gasteiger partial charge in [-0.15, -0.1) is 0 Å². The van der Waals surface area contributed by atoms with Crippen LogP contribution in [-0.2, 0) is 4.79 Å². The Morgan fingerprint density at radius 2 is 1.94 bits per heavy atom. The second-order valence-electron chi connectivity index (χ2n) is 4.49. The molecule has 1 heterocycles. The lowest BCUT2D eigenvalue weighted by molar-refractivity contribution is -0.130.